The van der Waals surface area contributed by atoms with Crippen molar-refractivity contribution in [3.05, 3.63) is 52.6 Å². The van der Waals surface area contributed by atoms with Crippen molar-refractivity contribution in [3.63, 3.8) is 0 Å². The van der Waals surface area contributed by atoms with Gasteiger partial charge in [0.15, 0.2) is 11.5 Å². The van der Waals surface area contributed by atoms with E-state index in [0.29, 0.717) is 30.3 Å². The van der Waals surface area contributed by atoms with Crippen LogP contribution in [-0.2, 0) is 0 Å². The van der Waals surface area contributed by atoms with E-state index in [9.17, 15) is 0 Å². The second kappa shape index (κ2) is 8.02. The minimum absolute atomic E-state index is 0.273. The summed E-state index contributed by atoms with van der Waals surface area (Å²) in [6.07, 6.45) is 0. The van der Waals surface area contributed by atoms with Gasteiger partial charge in [0.1, 0.15) is 24.0 Å². The molecule has 0 radical (unpaired) electrons. The van der Waals surface area contributed by atoms with E-state index in [0.717, 1.165) is 16.9 Å². The molecular weight excluding hydrogens is 322 g/mol. The summed E-state index contributed by atoms with van der Waals surface area (Å²) < 4.78 is 17.1. The van der Waals surface area contributed by atoms with Crippen LogP contribution in [0.3, 0.4) is 0 Å². The number of benzene rings is 2. The Hall–Kier alpha value is -2.27. The van der Waals surface area contributed by atoms with Gasteiger partial charge in [0.25, 0.3) is 0 Å². The summed E-state index contributed by atoms with van der Waals surface area (Å²) in [5.41, 5.74) is 9.88. The highest BCUT2D eigenvalue weighted by molar-refractivity contribution is 7.80. The monoisotopic (exact) mass is 345 g/mol. The molecule has 2 aromatic carbocycles. The number of hydrogen-bond donors (Lipinski definition) is 1. The summed E-state index contributed by atoms with van der Waals surface area (Å²) in [5.74, 6) is 2.06. The average Bonchev–Trinajstić information content (AvgIpc) is 2.57. The Morgan fingerprint density at radius 2 is 1.58 bits per heavy atom. The van der Waals surface area contributed by atoms with Gasteiger partial charge in [-0.05, 0) is 49.6 Å². The lowest BCUT2D eigenvalue weighted by atomic mass is 10.1. The Kier molecular flexibility index (Phi) is 6.04. The maximum atomic E-state index is 5.91. The van der Waals surface area contributed by atoms with E-state index in [1.807, 2.05) is 25.1 Å². The second-order valence-corrected chi connectivity index (χ2v) is 5.99. The molecule has 0 atom stereocenters. The number of methoxy groups -OCH3 is 1. The van der Waals surface area contributed by atoms with Crippen LogP contribution in [0.4, 0.5) is 0 Å². The Labute approximate surface area is 148 Å². The van der Waals surface area contributed by atoms with Crippen LogP contribution in [-0.4, -0.2) is 25.3 Å². The average molecular weight is 345 g/mol. The molecule has 0 aromatic heterocycles. The van der Waals surface area contributed by atoms with Crippen molar-refractivity contribution in [2.45, 2.75) is 20.8 Å². The maximum Gasteiger partial charge on any atom is 0.171 e. The van der Waals surface area contributed by atoms with Gasteiger partial charge in [0, 0.05) is 0 Å². The lowest BCUT2D eigenvalue weighted by Crippen LogP contribution is -2.15. The van der Waals surface area contributed by atoms with Gasteiger partial charge in [-0.2, -0.15) is 0 Å². The fourth-order valence-electron chi connectivity index (χ4n) is 2.45. The summed E-state index contributed by atoms with van der Waals surface area (Å²) in [6, 6.07) is 9.61. The lowest BCUT2D eigenvalue weighted by Gasteiger charge is -2.16. The van der Waals surface area contributed by atoms with Crippen LogP contribution in [0.15, 0.2) is 30.3 Å². The number of para-hydroxylation sites is 1. The molecular formula is C19H23NO3S. The zero-order chi connectivity index (χ0) is 17.7. The fraction of sp³-hybridized carbons (Fsp3) is 0.316. The van der Waals surface area contributed by atoms with Crippen molar-refractivity contribution >= 4 is 17.2 Å². The van der Waals surface area contributed by atoms with Gasteiger partial charge in [-0.3, -0.25) is 0 Å². The summed E-state index contributed by atoms with van der Waals surface area (Å²) in [5, 5.41) is 0. The van der Waals surface area contributed by atoms with E-state index in [2.05, 4.69) is 26.0 Å². The molecule has 2 N–H and O–H groups in total. The third-order valence-corrected chi connectivity index (χ3v) is 4.13. The van der Waals surface area contributed by atoms with Crippen LogP contribution in [0, 0.1) is 20.8 Å². The highest BCUT2D eigenvalue weighted by Gasteiger charge is 2.13. The Morgan fingerprint density at radius 3 is 2.21 bits per heavy atom. The lowest BCUT2D eigenvalue weighted by molar-refractivity contribution is 0.209. The van der Waals surface area contributed by atoms with Crippen LogP contribution in [0.25, 0.3) is 0 Å². The molecule has 2 rings (SSSR count). The van der Waals surface area contributed by atoms with Crippen molar-refractivity contribution in [2.24, 2.45) is 5.73 Å². The molecule has 128 valence electrons. The molecule has 0 aliphatic heterocycles. The van der Waals surface area contributed by atoms with Crippen molar-refractivity contribution in [1.82, 2.24) is 0 Å². The summed E-state index contributed by atoms with van der Waals surface area (Å²) in [6.45, 7) is 6.95. The third kappa shape index (κ3) is 3.97. The van der Waals surface area contributed by atoms with Crippen LogP contribution in [0.1, 0.15) is 22.3 Å². The van der Waals surface area contributed by atoms with Gasteiger partial charge in [0.05, 0.1) is 12.7 Å². The van der Waals surface area contributed by atoms with E-state index in [1.54, 1.807) is 7.11 Å². The van der Waals surface area contributed by atoms with Gasteiger partial charge >= 0.3 is 0 Å². The largest absolute Gasteiger partial charge is 0.493 e. The van der Waals surface area contributed by atoms with Gasteiger partial charge in [-0.15, -0.1) is 0 Å². The van der Waals surface area contributed by atoms with Crippen LogP contribution in [0.2, 0.25) is 0 Å². The first-order valence-electron chi connectivity index (χ1n) is 7.75. The molecule has 0 aliphatic rings. The Balaban J connectivity index is 2.06. The highest BCUT2D eigenvalue weighted by Crippen LogP contribution is 2.31. The third-order valence-electron chi connectivity index (χ3n) is 3.91. The van der Waals surface area contributed by atoms with Crippen LogP contribution in [0.5, 0.6) is 17.2 Å². The SMILES string of the molecule is COc1cccc(C(N)=S)c1OCCOc1c(C)ccc(C)c1C. The molecule has 2 aromatic rings. The van der Waals surface area contributed by atoms with Gasteiger partial charge in [-0.25, -0.2) is 0 Å². The van der Waals surface area contributed by atoms with E-state index < -0.39 is 0 Å². The van der Waals surface area contributed by atoms with Gasteiger partial charge in [-0.1, -0.05) is 30.4 Å². The smallest absolute Gasteiger partial charge is 0.171 e. The number of aryl methyl sites for hydroxylation is 2. The number of rotatable bonds is 7. The van der Waals surface area contributed by atoms with Crippen molar-refractivity contribution in [3.8, 4) is 17.2 Å². The predicted octanol–water partition coefficient (Wildman–Crippen LogP) is 3.71. The van der Waals surface area contributed by atoms with Crippen molar-refractivity contribution in [2.75, 3.05) is 20.3 Å². The van der Waals surface area contributed by atoms with E-state index in [4.69, 9.17) is 32.2 Å². The second-order valence-electron chi connectivity index (χ2n) is 5.55. The first-order valence-corrected chi connectivity index (χ1v) is 8.15. The normalized spacial score (nSPS) is 10.3. The Bertz CT molecular complexity index is 744. The van der Waals surface area contributed by atoms with E-state index >= 15 is 0 Å². The minimum atomic E-state index is 0.273. The minimum Gasteiger partial charge on any atom is -0.493 e. The first kappa shape index (κ1) is 18.1. The molecule has 24 heavy (non-hydrogen) atoms. The van der Waals surface area contributed by atoms with Gasteiger partial charge in [0.2, 0.25) is 0 Å². The van der Waals surface area contributed by atoms with Crippen LogP contribution >= 0.6 is 12.2 Å². The Morgan fingerprint density at radius 1 is 0.958 bits per heavy atom. The summed E-state index contributed by atoms with van der Waals surface area (Å²) in [4.78, 5) is 0.273. The number of ether oxygens (including phenoxy) is 3. The molecule has 0 heterocycles. The van der Waals surface area contributed by atoms with Crippen molar-refractivity contribution < 1.29 is 14.2 Å². The molecule has 5 heteroatoms. The topological polar surface area (TPSA) is 53.7 Å². The molecule has 0 fully saturated rings. The zero-order valence-corrected chi connectivity index (χ0v) is 15.3. The van der Waals surface area contributed by atoms with E-state index in [1.165, 1.54) is 5.56 Å². The standard InChI is InChI=1S/C19H23NO3S/c1-12-8-9-13(2)17(14(12)3)22-10-11-23-18-15(19(20)24)6-5-7-16(18)21-4/h5-9H,10-11H2,1-4H3,(H2,20,24). The van der Waals surface area contributed by atoms with Crippen molar-refractivity contribution in [1.29, 1.82) is 0 Å². The fourth-order valence-corrected chi connectivity index (χ4v) is 2.62. The molecule has 0 saturated carbocycles. The molecule has 0 saturated heterocycles. The zero-order valence-electron chi connectivity index (χ0n) is 14.5. The number of hydrogen-bond acceptors (Lipinski definition) is 4. The molecule has 0 spiro atoms. The number of thiocarbonyl (C=S) groups is 1. The van der Waals surface area contributed by atoms with Crippen LogP contribution < -0.4 is 19.9 Å². The summed E-state index contributed by atoms with van der Waals surface area (Å²) in [7, 11) is 1.58. The number of nitrogens with two attached hydrogens (primary N) is 1. The molecule has 0 amide bonds. The highest BCUT2D eigenvalue weighted by atomic mass is 32.1. The molecule has 4 nitrogen and oxygen atoms in total. The van der Waals surface area contributed by atoms with E-state index in [-0.39, 0.29) is 4.99 Å². The molecule has 0 unspecified atom stereocenters. The van der Waals surface area contributed by atoms with Gasteiger partial charge < -0.3 is 19.9 Å². The maximum absolute atomic E-state index is 5.91. The molecule has 0 aliphatic carbocycles. The first-order chi connectivity index (χ1) is 11.5. The predicted molar refractivity (Wildman–Crippen MR) is 101 cm³/mol. The molecule has 0 bridgehead atoms. The quantitative estimate of drug-likeness (QED) is 0.612. The summed E-state index contributed by atoms with van der Waals surface area (Å²) >= 11 is 5.07.